The monoisotopic (exact) mass is 244 g/mol. The third kappa shape index (κ3) is 2.51. The summed E-state index contributed by atoms with van der Waals surface area (Å²) >= 11 is 4.26. The molecule has 1 N–H and O–H groups in total. The molecule has 4 nitrogen and oxygen atoms in total. The summed E-state index contributed by atoms with van der Waals surface area (Å²) < 4.78 is 0. The molecule has 1 saturated heterocycles. The van der Waals surface area contributed by atoms with Crippen LogP contribution >= 0.6 is 12.6 Å². The average Bonchev–Trinajstić information content (AvgIpc) is 2.34. The van der Waals surface area contributed by atoms with Crippen LogP contribution in [0.4, 0.5) is 4.79 Å². The molecule has 0 saturated carbocycles. The lowest BCUT2D eigenvalue weighted by molar-refractivity contribution is -0.130. The van der Waals surface area contributed by atoms with E-state index >= 15 is 0 Å². The van der Waals surface area contributed by atoms with Crippen LogP contribution in [0.1, 0.15) is 27.7 Å². The minimum atomic E-state index is -0.769. The molecule has 1 atom stereocenters. The number of rotatable bonds is 4. The van der Waals surface area contributed by atoms with Gasteiger partial charge < -0.3 is 5.32 Å². The summed E-state index contributed by atoms with van der Waals surface area (Å²) in [4.78, 5) is 24.9. The first kappa shape index (κ1) is 13.4. The number of nitrogens with one attached hydrogen (secondary N) is 1. The topological polar surface area (TPSA) is 49.4 Å². The van der Waals surface area contributed by atoms with Crippen LogP contribution < -0.4 is 5.32 Å². The molecule has 1 unspecified atom stereocenters. The predicted octanol–water partition coefficient (Wildman–Crippen LogP) is 1.52. The van der Waals surface area contributed by atoms with Crippen LogP contribution in [0.3, 0.4) is 0 Å². The maximum Gasteiger partial charge on any atom is 0.325 e. The van der Waals surface area contributed by atoms with Gasteiger partial charge in [0.2, 0.25) is 0 Å². The van der Waals surface area contributed by atoms with Gasteiger partial charge in [0.05, 0.1) is 0 Å². The van der Waals surface area contributed by atoms with Crippen molar-refractivity contribution in [3.05, 3.63) is 0 Å². The number of hydrogen-bond donors (Lipinski definition) is 2. The highest BCUT2D eigenvalue weighted by molar-refractivity contribution is 7.80. The van der Waals surface area contributed by atoms with Crippen molar-refractivity contribution in [3.63, 3.8) is 0 Å². The number of amides is 3. The molecule has 0 aromatic carbocycles. The highest BCUT2D eigenvalue weighted by atomic mass is 32.1. The van der Waals surface area contributed by atoms with E-state index in [0.29, 0.717) is 18.2 Å². The van der Waals surface area contributed by atoms with Crippen molar-refractivity contribution in [1.29, 1.82) is 0 Å². The molecule has 0 aromatic heterocycles. The summed E-state index contributed by atoms with van der Waals surface area (Å²) in [6, 6.07) is -0.289. The molecule has 1 aliphatic rings. The summed E-state index contributed by atoms with van der Waals surface area (Å²) in [5.74, 6) is 1.17. The number of carbonyl (C=O) groups excluding carboxylic acids is 2. The molecule has 1 heterocycles. The maximum absolute atomic E-state index is 11.9. The van der Waals surface area contributed by atoms with Crippen molar-refractivity contribution in [2.24, 2.45) is 11.8 Å². The fourth-order valence-electron chi connectivity index (χ4n) is 1.70. The zero-order valence-electron chi connectivity index (χ0n) is 10.3. The van der Waals surface area contributed by atoms with E-state index in [0.717, 1.165) is 0 Å². The Labute approximate surface area is 102 Å². The number of thiol groups is 1. The van der Waals surface area contributed by atoms with Crippen molar-refractivity contribution in [2.45, 2.75) is 33.2 Å². The highest BCUT2D eigenvalue weighted by Gasteiger charge is 2.44. The second-order valence-corrected chi connectivity index (χ2v) is 5.52. The summed E-state index contributed by atoms with van der Waals surface area (Å²) in [7, 11) is 0. The Bertz CT molecular complexity index is 302. The lowest BCUT2D eigenvalue weighted by Crippen LogP contribution is -2.41. The Morgan fingerprint density at radius 2 is 1.94 bits per heavy atom. The molecule has 0 radical (unpaired) electrons. The Morgan fingerprint density at radius 1 is 1.38 bits per heavy atom. The first-order valence-electron chi connectivity index (χ1n) is 5.54. The molecule has 5 heteroatoms. The summed E-state index contributed by atoms with van der Waals surface area (Å²) in [5, 5.41) is 2.67. The van der Waals surface area contributed by atoms with Crippen LogP contribution in [0.2, 0.25) is 0 Å². The van der Waals surface area contributed by atoms with Gasteiger partial charge in [0.25, 0.3) is 5.91 Å². The largest absolute Gasteiger partial charge is 0.325 e. The third-order valence-corrected chi connectivity index (χ3v) is 3.51. The summed E-state index contributed by atoms with van der Waals surface area (Å²) in [6.45, 7) is 8.04. The van der Waals surface area contributed by atoms with E-state index in [4.69, 9.17) is 0 Å². The van der Waals surface area contributed by atoms with E-state index in [2.05, 4.69) is 31.8 Å². The summed E-state index contributed by atoms with van der Waals surface area (Å²) in [6.07, 6.45) is 0. The zero-order valence-corrected chi connectivity index (χ0v) is 11.2. The van der Waals surface area contributed by atoms with Gasteiger partial charge in [0.15, 0.2) is 0 Å². The Kier molecular flexibility index (Phi) is 3.88. The van der Waals surface area contributed by atoms with Crippen molar-refractivity contribution in [1.82, 2.24) is 10.2 Å². The van der Waals surface area contributed by atoms with Gasteiger partial charge in [-0.1, -0.05) is 13.8 Å². The Hall–Kier alpha value is -0.710. The quantitative estimate of drug-likeness (QED) is 0.582. The van der Waals surface area contributed by atoms with Gasteiger partial charge in [-0.2, -0.15) is 12.6 Å². The number of urea groups is 1. The Balaban J connectivity index is 2.75. The molecule has 1 rings (SSSR count). The molecule has 0 bridgehead atoms. The second kappa shape index (κ2) is 4.65. The lowest BCUT2D eigenvalue weighted by atomic mass is 9.97. The molecule has 16 heavy (non-hydrogen) atoms. The average molecular weight is 244 g/mol. The fourth-order valence-corrected chi connectivity index (χ4v) is 2.23. The lowest BCUT2D eigenvalue weighted by Gasteiger charge is -2.24. The number of hydrogen-bond acceptors (Lipinski definition) is 3. The number of imide groups is 1. The standard InChI is InChI=1S/C11H20N2O2S/c1-7(2)8(6-16)5-13-9(14)11(3,4)12-10(13)15/h7-8,16H,5-6H2,1-4H3,(H,12,15). The van der Waals surface area contributed by atoms with Gasteiger partial charge in [-0.05, 0) is 31.4 Å². The number of nitrogens with zero attached hydrogens (tertiary/aromatic N) is 1. The fraction of sp³-hybridized carbons (Fsp3) is 0.818. The normalized spacial score (nSPS) is 21.5. The number of carbonyl (C=O) groups is 2. The van der Waals surface area contributed by atoms with E-state index < -0.39 is 5.54 Å². The molecule has 0 spiro atoms. The molecular weight excluding hydrogens is 224 g/mol. The van der Waals surface area contributed by atoms with Gasteiger partial charge >= 0.3 is 6.03 Å². The van der Waals surface area contributed by atoms with Crippen molar-refractivity contribution in [2.75, 3.05) is 12.3 Å². The van der Waals surface area contributed by atoms with Gasteiger partial charge in [-0.15, -0.1) is 0 Å². The summed E-state index contributed by atoms with van der Waals surface area (Å²) in [5.41, 5.74) is -0.769. The van der Waals surface area contributed by atoms with E-state index in [1.165, 1.54) is 4.90 Å². The van der Waals surface area contributed by atoms with E-state index in [1.807, 2.05) is 0 Å². The van der Waals surface area contributed by atoms with E-state index in [1.54, 1.807) is 13.8 Å². The van der Waals surface area contributed by atoms with Crippen LogP contribution in [0.25, 0.3) is 0 Å². The van der Waals surface area contributed by atoms with Crippen LogP contribution in [0.5, 0.6) is 0 Å². The van der Waals surface area contributed by atoms with Crippen LogP contribution in [-0.2, 0) is 4.79 Å². The smallest absolute Gasteiger partial charge is 0.324 e. The predicted molar refractivity (Wildman–Crippen MR) is 66.5 cm³/mol. The molecule has 92 valence electrons. The van der Waals surface area contributed by atoms with Crippen LogP contribution in [0.15, 0.2) is 0 Å². The highest BCUT2D eigenvalue weighted by Crippen LogP contribution is 2.21. The Morgan fingerprint density at radius 3 is 2.25 bits per heavy atom. The minimum absolute atomic E-state index is 0.148. The van der Waals surface area contributed by atoms with Crippen molar-refractivity contribution in [3.8, 4) is 0 Å². The van der Waals surface area contributed by atoms with Crippen molar-refractivity contribution >= 4 is 24.6 Å². The molecule has 3 amide bonds. The third-order valence-electron chi connectivity index (χ3n) is 3.04. The van der Waals surface area contributed by atoms with Gasteiger partial charge in [0, 0.05) is 6.54 Å². The molecule has 1 aliphatic heterocycles. The van der Waals surface area contributed by atoms with Crippen LogP contribution in [0, 0.1) is 11.8 Å². The van der Waals surface area contributed by atoms with Gasteiger partial charge in [-0.25, -0.2) is 4.79 Å². The van der Waals surface area contributed by atoms with Gasteiger partial charge in [0.1, 0.15) is 5.54 Å². The van der Waals surface area contributed by atoms with Crippen LogP contribution in [-0.4, -0.2) is 34.7 Å². The van der Waals surface area contributed by atoms with Gasteiger partial charge in [-0.3, -0.25) is 9.69 Å². The second-order valence-electron chi connectivity index (χ2n) is 5.16. The molecule has 0 aromatic rings. The SMILES string of the molecule is CC(C)C(CS)CN1C(=O)NC(C)(C)C1=O. The maximum atomic E-state index is 11.9. The molecular formula is C11H20N2O2S. The van der Waals surface area contributed by atoms with E-state index in [9.17, 15) is 9.59 Å². The molecule has 1 fully saturated rings. The molecule has 0 aliphatic carbocycles. The van der Waals surface area contributed by atoms with Crippen molar-refractivity contribution < 1.29 is 9.59 Å². The zero-order chi connectivity index (χ0) is 12.5. The first-order valence-corrected chi connectivity index (χ1v) is 6.17. The first-order chi connectivity index (χ1) is 7.29. The minimum Gasteiger partial charge on any atom is -0.324 e. The van der Waals surface area contributed by atoms with E-state index in [-0.39, 0.29) is 17.9 Å².